The number of hydrogen-bond donors (Lipinski definition) is 1. The summed E-state index contributed by atoms with van der Waals surface area (Å²) in [6.45, 7) is 0. The van der Waals surface area contributed by atoms with Gasteiger partial charge in [0, 0.05) is 27.7 Å². The Kier molecular flexibility index (Phi) is 7.10. The second kappa shape index (κ2) is 6.87. The Morgan fingerprint density at radius 2 is 1.42 bits per heavy atom. The molecule has 0 heterocycles. The first-order chi connectivity index (χ1) is 5.30. The number of carbonyl (C=O) groups is 1. The fourth-order valence-corrected chi connectivity index (χ4v) is 1.70. The van der Waals surface area contributed by atoms with Gasteiger partial charge in [0.15, 0.2) is 0 Å². The zero-order valence-corrected chi connectivity index (χ0v) is 13.1. The van der Waals surface area contributed by atoms with Crippen molar-refractivity contribution in [2.75, 3.05) is 0 Å². The number of rotatable bonds is 1. The molecule has 1 saturated carbocycles. The van der Waals surface area contributed by atoms with E-state index in [1.807, 2.05) is 0 Å². The molecule has 0 saturated heterocycles. The number of carboxylic acid groups (broad SMARTS) is 1. The Hall–Kier alpha value is 0.405. The first kappa shape index (κ1) is 12.4. The standard InChI is InChI=1S/C9H16O2.Hg/c10-9(11)8-6-4-2-1-3-5-7-8;/h8H,1-7H2,(H,10,11);. The molecule has 12 heavy (non-hydrogen) atoms. The van der Waals surface area contributed by atoms with E-state index in [0.29, 0.717) is 0 Å². The van der Waals surface area contributed by atoms with E-state index < -0.39 is 5.97 Å². The van der Waals surface area contributed by atoms with Crippen LogP contribution in [-0.4, -0.2) is 11.1 Å². The summed E-state index contributed by atoms with van der Waals surface area (Å²) in [5.41, 5.74) is 0. The SMILES string of the molecule is O=C(O)C1CCCCCCC1.[Hg]. The Balaban J connectivity index is 0.00000121. The zero-order valence-electron chi connectivity index (χ0n) is 7.59. The van der Waals surface area contributed by atoms with Crippen LogP contribution >= 0.6 is 0 Å². The predicted molar refractivity (Wildman–Crippen MR) is 43.4 cm³/mol. The van der Waals surface area contributed by atoms with E-state index in [1.165, 1.54) is 19.3 Å². The molecule has 1 aliphatic carbocycles. The van der Waals surface area contributed by atoms with Crippen LogP contribution in [0.15, 0.2) is 0 Å². The topological polar surface area (TPSA) is 37.3 Å². The van der Waals surface area contributed by atoms with Gasteiger partial charge in [0.25, 0.3) is 0 Å². The molecule has 66 valence electrons. The minimum absolute atomic E-state index is 0. The van der Waals surface area contributed by atoms with Gasteiger partial charge in [-0.05, 0) is 12.8 Å². The van der Waals surface area contributed by atoms with Crippen molar-refractivity contribution in [3.8, 4) is 0 Å². The largest absolute Gasteiger partial charge is 0.481 e. The molecule has 0 aromatic heterocycles. The average molecular weight is 357 g/mol. The van der Waals surface area contributed by atoms with E-state index in [0.717, 1.165) is 25.7 Å². The monoisotopic (exact) mass is 358 g/mol. The summed E-state index contributed by atoms with van der Waals surface area (Å²) in [5.74, 6) is -0.637. The van der Waals surface area contributed by atoms with Crippen molar-refractivity contribution in [2.45, 2.75) is 44.9 Å². The Labute approximate surface area is 94.2 Å². The van der Waals surface area contributed by atoms with Gasteiger partial charge in [0.2, 0.25) is 0 Å². The van der Waals surface area contributed by atoms with Gasteiger partial charge < -0.3 is 5.11 Å². The van der Waals surface area contributed by atoms with Crippen molar-refractivity contribution < 1.29 is 37.6 Å². The number of carboxylic acids is 1. The Morgan fingerprint density at radius 3 is 1.83 bits per heavy atom. The van der Waals surface area contributed by atoms with Crippen LogP contribution in [0.2, 0.25) is 0 Å². The Morgan fingerprint density at radius 1 is 1.00 bits per heavy atom. The van der Waals surface area contributed by atoms with Gasteiger partial charge >= 0.3 is 5.97 Å². The number of aliphatic carboxylic acids is 1. The van der Waals surface area contributed by atoms with Gasteiger partial charge in [0.05, 0.1) is 5.92 Å². The van der Waals surface area contributed by atoms with Crippen molar-refractivity contribution in [1.29, 1.82) is 0 Å². The molecule has 0 amide bonds. The summed E-state index contributed by atoms with van der Waals surface area (Å²) < 4.78 is 0. The summed E-state index contributed by atoms with van der Waals surface area (Å²) in [7, 11) is 0. The van der Waals surface area contributed by atoms with Gasteiger partial charge in [0.1, 0.15) is 0 Å². The second-order valence-corrected chi connectivity index (χ2v) is 3.38. The maximum atomic E-state index is 10.6. The zero-order chi connectivity index (χ0) is 8.10. The molecule has 0 aliphatic heterocycles. The predicted octanol–water partition coefficient (Wildman–Crippen LogP) is 2.43. The molecule has 0 spiro atoms. The van der Waals surface area contributed by atoms with E-state index in [4.69, 9.17) is 5.11 Å². The van der Waals surface area contributed by atoms with E-state index in [-0.39, 0.29) is 33.6 Å². The summed E-state index contributed by atoms with van der Waals surface area (Å²) >= 11 is 0. The van der Waals surface area contributed by atoms with Crippen LogP contribution in [0.3, 0.4) is 0 Å². The quantitative estimate of drug-likeness (QED) is 0.733. The van der Waals surface area contributed by atoms with Crippen molar-refractivity contribution >= 4 is 5.97 Å². The van der Waals surface area contributed by atoms with Gasteiger partial charge in [-0.15, -0.1) is 0 Å². The molecule has 0 radical (unpaired) electrons. The summed E-state index contributed by atoms with van der Waals surface area (Å²) in [6, 6.07) is 0. The molecule has 3 heteroatoms. The first-order valence-corrected chi connectivity index (χ1v) is 4.53. The van der Waals surface area contributed by atoms with Crippen LogP contribution in [0.1, 0.15) is 44.9 Å². The third kappa shape index (κ3) is 4.44. The Bertz CT molecular complexity index is 128. The van der Waals surface area contributed by atoms with Crippen molar-refractivity contribution in [2.24, 2.45) is 5.92 Å². The molecule has 0 aromatic rings. The van der Waals surface area contributed by atoms with Crippen LogP contribution in [0.4, 0.5) is 0 Å². The maximum Gasteiger partial charge on any atom is 0.306 e. The van der Waals surface area contributed by atoms with Crippen LogP contribution in [0.25, 0.3) is 0 Å². The minimum Gasteiger partial charge on any atom is -0.481 e. The van der Waals surface area contributed by atoms with Crippen LogP contribution < -0.4 is 0 Å². The molecule has 0 atom stereocenters. The summed E-state index contributed by atoms with van der Waals surface area (Å²) in [6.07, 6.45) is 7.76. The molecule has 0 aromatic carbocycles. The first-order valence-electron chi connectivity index (χ1n) is 4.53. The summed E-state index contributed by atoms with van der Waals surface area (Å²) in [4.78, 5) is 10.6. The fraction of sp³-hybridized carbons (Fsp3) is 0.889. The summed E-state index contributed by atoms with van der Waals surface area (Å²) in [5, 5.41) is 8.76. The molecular weight excluding hydrogens is 341 g/mol. The van der Waals surface area contributed by atoms with Crippen molar-refractivity contribution in [1.82, 2.24) is 0 Å². The van der Waals surface area contributed by atoms with E-state index in [1.54, 1.807) is 0 Å². The van der Waals surface area contributed by atoms with Crippen LogP contribution in [0, 0.1) is 5.92 Å². The van der Waals surface area contributed by atoms with Gasteiger partial charge in [-0.1, -0.05) is 32.1 Å². The van der Waals surface area contributed by atoms with E-state index in [2.05, 4.69) is 0 Å². The van der Waals surface area contributed by atoms with Crippen molar-refractivity contribution in [3.05, 3.63) is 0 Å². The van der Waals surface area contributed by atoms with Gasteiger partial charge in [-0.25, -0.2) is 0 Å². The second-order valence-electron chi connectivity index (χ2n) is 3.38. The fourth-order valence-electron chi connectivity index (χ4n) is 1.70. The molecule has 1 rings (SSSR count). The molecular formula is C9H16HgO2. The molecule has 2 nitrogen and oxygen atoms in total. The van der Waals surface area contributed by atoms with E-state index >= 15 is 0 Å². The third-order valence-electron chi connectivity index (χ3n) is 2.45. The van der Waals surface area contributed by atoms with Crippen molar-refractivity contribution in [3.63, 3.8) is 0 Å². The van der Waals surface area contributed by atoms with Gasteiger partial charge in [-0.2, -0.15) is 0 Å². The maximum absolute atomic E-state index is 10.6. The smallest absolute Gasteiger partial charge is 0.306 e. The molecule has 0 bridgehead atoms. The average Bonchev–Trinajstić information content (AvgIpc) is 1.84. The van der Waals surface area contributed by atoms with Gasteiger partial charge in [-0.3, -0.25) is 4.79 Å². The normalized spacial score (nSPS) is 20.3. The van der Waals surface area contributed by atoms with Crippen LogP contribution in [-0.2, 0) is 32.5 Å². The third-order valence-corrected chi connectivity index (χ3v) is 2.45. The minimum atomic E-state index is -0.591. The number of hydrogen-bond acceptors (Lipinski definition) is 1. The van der Waals surface area contributed by atoms with Crippen LogP contribution in [0.5, 0.6) is 0 Å². The molecule has 1 N–H and O–H groups in total. The molecule has 1 fully saturated rings. The van der Waals surface area contributed by atoms with E-state index in [9.17, 15) is 4.79 Å². The molecule has 1 aliphatic rings. The molecule has 0 unspecified atom stereocenters.